The number of benzene rings is 1. The van der Waals surface area contributed by atoms with Crippen LogP contribution in [0.1, 0.15) is 12.1 Å². The molecule has 20 heavy (non-hydrogen) atoms. The Balaban J connectivity index is 2.32. The van der Waals surface area contributed by atoms with Gasteiger partial charge in [-0.2, -0.15) is 0 Å². The second kappa shape index (κ2) is 6.11. The lowest BCUT2D eigenvalue weighted by Gasteiger charge is -2.07. The summed E-state index contributed by atoms with van der Waals surface area (Å²) in [4.78, 5) is 10.3. The Morgan fingerprint density at radius 2 is 2.30 bits per heavy atom. The fourth-order valence-corrected chi connectivity index (χ4v) is 1.78. The quantitative estimate of drug-likeness (QED) is 0.625. The van der Waals surface area contributed by atoms with Crippen LogP contribution in [0.5, 0.6) is 5.75 Å². The van der Waals surface area contributed by atoms with E-state index in [9.17, 15) is 10.1 Å². The molecule has 0 radical (unpaired) electrons. The molecule has 0 amide bonds. The molecule has 0 spiro atoms. The lowest BCUT2D eigenvalue weighted by Crippen LogP contribution is -2.00. The monoisotopic (exact) mass is 277 g/mol. The van der Waals surface area contributed by atoms with Crippen molar-refractivity contribution in [2.75, 3.05) is 13.7 Å². The molecule has 0 saturated heterocycles. The van der Waals surface area contributed by atoms with Gasteiger partial charge in [0.2, 0.25) is 0 Å². The third-order valence-electron chi connectivity index (χ3n) is 2.80. The second-order valence-corrected chi connectivity index (χ2v) is 4.16. The SMILES string of the molecule is COc1cc([N+](=O)[O-])ccc1-n1cc(CCCN)nn1. The molecule has 0 saturated carbocycles. The van der Waals surface area contributed by atoms with Crippen molar-refractivity contribution in [3.05, 3.63) is 40.2 Å². The van der Waals surface area contributed by atoms with Crippen molar-refractivity contribution >= 4 is 5.69 Å². The first-order chi connectivity index (χ1) is 9.65. The molecule has 0 atom stereocenters. The zero-order valence-electron chi connectivity index (χ0n) is 11.0. The summed E-state index contributed by atoms with van der Waals surface area (Å²) in [5.74, 6) is 0.370. The van der Waals surface area contributed by atoms with Crippen molar-refractivity contribution in [3.8, 4) is 11.4 Å². The van der Waals surface area contributed by atoms with Crippen molar-refractivity contribution < 1.29 is 9.66 Å². The van der Waals surface area contributed by atoms with Gasteiger partial charge >= 0.3 is 0 Å². The molecule has 0 unspecified atom stereocenters. The molecule has 0 fully saturated rings. The standard InChI is InChI=1S/C12H15N5O3/c1-20-12-7-10(17(18)19)4-5-11(12)16-8-9(14-15-16)3-2-6-13/h4-5,7-8H,2-3,6,13H2,1H3. The first kappa shape index (κ1) is 13.9. The Morgan fingerprint density at radius 1 is 1.50 bits per heavy atom. The Bertz CT molecular complexity index is 611. The van der Waals surface area contributed by atoms with E-state index in [1.165, 1.54) is 23.9 Å². The minimum Gasteiger partial charge on any atom is -0.494 e. The maximum atomic E-state index is 10.7. The normalized spacial score (nSPS) is 10.5. The third-order valence-corrected chi connectivity index (χ3v) is 2.80. The Hall–Kier alpha value is -2.48. The number of rotatable bonds is 6. The highest BCUT2D eigenvalue weighted by molar-refractivity contribution is 5.52. The summed E-state index contributed by atoms with van der Waals surface area (Å²) in [6.07, 6.45) is 3.33. The van der Waals surface area contributed by atoms with E-state index in [0.29, 0.717) is 18.0 Å². The molecule has 2 aromatic rings. The zero-order chi connectivity index (χ0) is 14.5. The van der Waals surface area contributed by atoms with Crippen LogP contribution in [0.4, 0.5) is 5.69 Å². The summed E-state index contributed by atoms with van der Waals surface area (Å²) in [6.45, 7) is 0.591. The lowest BCUT2D eigenvalue weighted by molar-refractivity contribution is -0.384. The van der Waals surface area contributed by atoms with E-state index in [0.717, 1.165) is 18.5 Å². The van der Waals surface area contributed by atoms with Gasteiger partial charge in [0.1, 0.15) is 5.69 Å². The van der Waals surface area contributed by atoms with E-state index in [1.54, 1.807) is 12.3 Å². The molecule has 0 aliphatic carbocycles. The van der Waals surface area contributed by atoms with Gasteiger partial charge < -0.3 is 10.5 Å². The Kier molecular flexibility index (Phi) is 4.26. The van der Waals surface area contributed by atoms with E-state index in [1.807, 2.05) is 0 Å². The molecule has 106 valence electrons. The van der Waals surface area contributed by atoms with Crippen molar-refractivity contribution in [2.24, 2.45) is 5.73 Å². The van der Waals surface area contributed by atoms with Crippen LogP contribution in [-0.4, -0.2) is 33.6 Å². The highest BCUT2D eigenvalue weighted by Gasteiger charge is 2.14. The molecule has 1 aromatic carbocycles. The van der Waals surface area contributed by atoms with E-state index < -0.39 is 4.92 Å². The van der Waals surface area contributed by atoms with Gasteiger partial charge in [-0.15, -0.1) is 5.10 Å². The molecule has 2 rings (SSSR count). The molecule has 8 nitrogen and oxygen atoms in total. The molecule has 1 aromatic heterocycles. The summed E-state index contributed by atoms with van der Waals surface area (Å²) in [7, 11) is 1.45. The van der Waals surface area contributed by atoms with Crippen LogP contribution in [0.15, 0.2) is 24.4 Å². The summed E-state index contributed by atoms with van der Waals surface area (Å²) in [5, 5.41) is 18.8. The lowest BCUT2D eigenvalue weighted by atomic mass is 10.2. The summed E-state index contributed by atoms with van der Waals surface area (Å²) in [5.41, 5.74) is 6.83. The van der Waals surface area contributed by atoms with Crippen molar-refractivity contribution in [2.45, 2.75) is 12.8 Å². The van der Waals surface area contributed by atoms with Crippen molar-refractivity contribution in [1.29, 1.82) is 0 Å². The van der Waals surface area contributed by atoms with Crippen LogP contribution in [0, 0.1) is 10.1 Å². The molecule has 0 aliphatic rings. The number of methoxy groups -OCH3 is 1. The average molecular weight is 277 g/mol. The number of aromatic nitrogens is 3. The number of hydrogen-bond acceptors (Lipinski definition) is 6. The number of nitrogens with zero attached hydrogens (tertiary/aromatic N) is 4. The smallest absolute Gasteiger partial charge is 0.273 e. The molecule has 2 N–H and O–H groups in total. The minimum absolute atomic E-state index is 0.0333. The van der Waals surface area contributed by atoms with Crippen LogP contribution in [-0.2, 0) is 6.42 Å². The fraction of sp³-hybridized carbons (Fsp3) is 0.333. The number of hydrogen-bond donors (Lipinski definition) is 1. The van der Waals surface area contributed by atoms with Crippen LogP contribution in [0.2, 0.25) is 0 Å². The number of aryl methyl sites for hydroxylation is 1. The first-order valence-electron chi connectivity index (χ1n) is 6.10. The average Bonchev–Trinajstić information content (AvgIpc) is 2.92. The van der Waals surface area contributed by atoms with Crippen LogP contribution < -0.4 is 10.5 Å². The molecular formula is C12H15N5O3. The van der Waals surface area contributed by atoms with Gasteiger partial charge in [-0.25, -0.2) is 4.68 Å². The zero-order valence-corrected chi connectivity index (χ0v) is 11.0. The minimum atomic E-state index is -0.472. The topological polar surface area (TPSA) is 109 Å². The van der Waals surface area contributed by atoms with E-state index in [-0.39, 0.29) is 5.69 Å². The van der Waals surface area contributed by atoms with Gasteiger partial charge in [0.15, 0.2) is 5.75 Å². The van der Waals surface area contributed by atoms with Crippen LogP contribution in [0.25, 0.3) is 5.69 Å². The van der Waals surface area contributed by atoms with Gasteiger partial charge in [0.25, 0.3) is 5.69 Å². The fourth-order valence-electron chi connectivity index (χ4n) is 1.78. The maximum Gasteiger partial charge on any atom is 0.273 e. The highest BCUT2D eigenvalue weighted by atomic mass is 16.6. The number of nitro groups is 1. The molecular weight excluding hydrogens is 262 g/mol. The van der Waals surface area contributed by atoms with Gasteiger partial charge in [-0.3, -0.25) is 10.1 Å². The van der Waals surface area contributed by atoms with E-state index >= 15 is 0 Å². The van der Waals surface area contributed by atoms with Crippen LogP contribution in [0.3, 0.4) is 0 Å². The number of nitro benzene ring substituents is 1. The summed E-state index contributed by atoms with van der Waals surface area (Å²) in [6, 6.07) is 4.34. The number of non-ortho nitro benzene ring substituents is 1. The molecule has 0 bridgehead atoms. The third kappa shape index (κ3) is 2.91. The summed E-state index contributed by atoms with van der Waals surface area (Å²) < 4.78 is 6.70. The number of nitrogens with two attached hydrogens (primary N) is 1. The van der Waals surface area contributed by atoms with Crippen LogP contribution >= 0.6 is 0 Å². The largest absolute Gasteiger partial charge is 0.494 e. The predicted molar refractivity (Wildman–Crippen MR) is 71.9 cm³/mol. The van der Waals surface area contributed by atoms with Crippen molar-refractivity contribution in [3.63, 3.8) is 0 Å². The van der Waals surface area contributed by atoms with Gasteiger partial charge in [-0.05, 0) is 25.5 Å². The Morgan fingerprint density at radius 3 is 2.95 bits per heavy atom. The molecule has 8 heteroatoms. The predicted octanol–water partition coefficient (Wildman–Crippen LogP) is 1.08. The van der Waals surface area contributed by atoms with E-state index in [4.69, 9.17) is 10.5 Å². The van der Waals surface area contributed by atoms with Crippen molar-refractivity contribution in [1.82, 2.24) is 15.0 Å². The number of ether oxygens (including phenoxy) is 1. The first-order valence-corrected chi connectivity index (χ1v) is 6.10. The summed E-state index contributed by atoms with van der Waals surface area (Å²) >= 11 is 0. The second-order valence-electron chi connectivity index (χ2n) is 4.16. The van der Waals surface area contributed by atoms with E-state index in [2.05, 4.69) is 10.3 Å². The molecule has 1 heterocycles. The van der Waals surface area contributed by atoms with Gasteiger partial charge in [0, 0.05) is 6.07 Å². The Labute approximate surface area is 115 Å². The maximum absolute atomic E-state index is 10.7. The highest BCUT2D eigenvalue weighted by Crippen LogP contribution is 2.27. The van der Waals surface area contributed by atoms with Gasteiger partial charge in [-0.1, -0.05) is 5.21 Å². The molecule has 0 aliphatic heterocycles. The van der Waals surface area contributed by atoms with Gasteiger partial charge in [0.05, 0.1) is 30.0 Å².